The third kappa shape index (κ3) is 4.41. The third-order valence-electron chi connectivity index (χ3n) is 6.08. The highest BCUT2D eigenvalue weighted by Gasteiger charge is 2.31. The van der Waals surface area contributed by atoms with Gasteiger partial charge in [-0.3, -0.25) is 4.79 Å². The number of aryl methyl sites for hydroxylation is 1. The van der Waals surface area contributed by atoms with E-state index in [1.54, 1.807) is 0 Å². The molecular formula is C23H31N5O2. The van der Waals surface area contributed by atoms with E-state index in [1.165, 1.54) is 5.56 Å². The lowest BCUT2D eigenvalue weighted by atomic mass is 10.0. The average Bonchev–Trinajstić information content (AvgIpc) is 3.25. The molecule has 0 bridgehead atoms. The van der Waals surface area contributed by atoms with Crippen LogP contribution in [0.3, 0.4) is 0 Å². The molecule has 4 rings (SSSR count). The van der Waals surface area contributed by atoms with Crippen LogP contribution >= 0.6 is 0 Å². The largest absolute Gasteiger partial charge is 0.493 e. The molecule has 1 atom stereocenters. The van der Waals surface area contributed by atoms with Crippen molar-refractivity contribution in [2.24, 2.45) is 0 Å². The van der Waals surface area contributed by atoms with Crippen molar-refractivity contribution in [2.45, 2.75) is 38.6 Å². The van der Waals surface area contributed by atoms with Crippen LogP contribution in [0.4, 0.5) is 5.82 Å². The number of amides is 1. The summed E-state index contributed by atoms with van der Waals surface area (Å²) in [6.45, 7) is 5.75. The minimum atomic E-state index is 0.138. The number of anilines is 1. The fraction of sp³-hybridized carbons (Fsp3) is 0.522. The maximum atomic E-state index is 12.7. The standard InChI is InChI=1S/C23H31N5O2/c1-16-6-4-5-7-20(16)30-13-10-21(29)28-12-8-17(14-28)22-25-19-9-11-27(3)15-18(19)23(24-2)26-22/h4-7,17H,8-15H2,1-3H3,(H,24,25,26). The number of ether oxygens (including phenoxy) is 1. The minimum Gasteiger partial charge on any atom is -0.493 e. The molecule has 1 aromatic carbocycles. The fourth-order valence-corrected chi connectivity index (χ4v) is 4.28. The molecule has 1 amide bonds. The third-order valence-corrected chi connectivity index (χ3v) is 6.08. The van der Waals surface area contributed by atoms with Crippen molar-refractivity contribution in [2.75, 3.05) is 45.7 Å². The normalized spacial score (nSPS) is 18.9. The Labute approximate surface area is 178 Å². The van der Waals surface area contributed by atoms with Gasteiger partial charge in [-0.1, -0.05) is 18.2 Å². The fourth-order valence-electron chi connectivity index (χ4n) is 4.28. The van der Waals surface area contributed by atoms with Gasteiger partial charge in [-0.15, -0.1) is 0 Å². The smallest absolute Gasteiger partial charge is 0.226 e. The number of nitrogens with zero attached hydrogens (tertiary/aromatic N) is 4. The van der Waals surface area contributed by atoms with Crippen molar-refractivity contribution in [1.82, 2.24) is 19.8 Å². The van der Waals surface area contributed by atoms with E-state index in [9.17, 15) is 4.79 Å². The van der Waals surface area contributed by atoms with E-state index in [4.69, 9.17) is 14.7 Å². The summed E-state index contributed by atoms with van der Waals surface area (Å²) in [4.78, 5) is 26.6. The highest BCUT2D eigenvalue weighted by molar-refractivity contribution is 5.76. The summed E-state index contributed by atoms with van der Waals surface area (Å²) in [5.41, 5.74) is 3.44. The number of likely N-dealkylation sites (N-methyl/N-ethyl adjacent to an activating group) is 1. The molecule has 1 unspecified atom stereocenters. The molecule has 0 aliphatic carbocycles. The second-order valence-corrected chi connectivity index (χ2v) is 8.28. The van der Waals surface area contributed by atoms with Crippen LogP contribution in [0, 0.1) is 6.92 Å². The van der Waals surface area contributed by atoms with E-state index in [-0.39, 0.29) is 11.8 Å². The van der Waals surface area contributed by atoms with Gasteiger partial charge in [0, 0.05) is 51.1 Å². The summed E-state index contributed by atoms with van der Waals surface area (Å²) in [5.74, 6) is 2.98. The first-order chi connectivity index (χ1) is 14.5. The zero-order chi connectivity index (χ0) is 21.1. The Balaban J connectivity index is 1.36. The number of fused-ring (bicyclic) bond motifs is 1. The monoisotopic (exact) mass is 409 g/mol. The molecule has 1 fully saturated rings. The van der Waals surface area contributed by atoms with Crippen molar-refractivity contribution in [3.8, 4) is 5.75 Å². The first-order valence-corrected chi connectivity index (χ1v) is 10.8. The van der Waals surface area contributed by atoms with Crippen LogP contribution in [0.25, 0.3) is 0 Å². The van der Waals surface area contributed by atoms with Gasteiger partial charge in [-0.2, -0.15) is 0 Å². The molecule has 7 nitrogen and oxygen atoms in total. The molecule has 1 aromatic heterocycles. The van der Waals surface area contributed by atoms with Gasteiger partial charge in [0.15, 0.2) is 0 Å². The molecule has 0 radical (unpaired) electrons. The summed E-state index contributed by atoms with van der Waals surface area (Å²) in [7, 11) is 4.04. The number of rotatable bonds is 6. The topological polar surface area (TPSA) is 70.6 Å². The Morgan fingerprint density at radius 1 is 1.27 bits per heavy atom. The molecule has 160 valence electrons. The second kappa shape index (κ2) is 9.00. The summed E-state index contributed by atoms with van der Waals surface area (Å²) in [6, 6.07) is 7.89. The van der Waals surface area contributed by atoms with Crippen molar-refractivity contribution in [3.05, 3.63) is 46.9 Å². The van der Waals surface area contributed by atoms with E-state index in [0.29, 0.717) is 19.6 Å². The van der Waals surface area contributed by atoms with Gasteiger partial charge in [-0.05, 0) is 32.0 Å². The summed E-state index contributed by atoms with van der Waals surface area (Å²) in [5, 5.41) is 3.25. The van der Waals surface area contributed by atoms with E-state index in [2.05, 4.69) is 17.3 Å². The van der Waals surface area contributed by atoms with E-state index in [1.807, 2.05) is 43.1 Å². The SMILES string of the molecule is CNc1nc(C2CCN(C(=O)CCOc3ccccc3C)C2)nc2c1CN(C)CC2. The number of carbonyl (C=O) groups is 1. The maximum Gasteiger partial charge on any atom is 0.226 e. The van der Waals surface area contributed by atoms with E-state index < -0.39 is 0 Å². The lowest BCUT2D eigenvalue weighted by molar-refractivity contribution is -0.130. The second-order valence-electron chi connectivity index (χ2n) is 8.28. The van der Waals surface area contributed by atoms with Crippen LogP contribution in [0.1, 0.15) is 41.4 Å². The number of benzene rings is 1. The number of carbonyl (C=O) groups excluding carboxylic acids is 1. The highest BCUT2D eigenvalue weighted by Crippen LogP contribution is 2.30. The Bertz CT molecular complexity index is 899. The molecule has 0 spiro atoms. The number of para-hydroxylation sites is 1. The van der Waals surface area contributed by atoms with Crippen molar-refractivity contribution >= 4 is 11.7 Å². The Kier molecular flexibility index (Phi) is 6.18. The van der Waals surface area contributed by atoms with Crippen molar-refractivity contribution < 1.29 is 9.53 Å². The first-order valence-electron chi connectivity index (χ1n) is 10.8. The molecule has 1 N–H and O–H groups in total. The average molecular weight is 410 g/mol. The molecule has 2 aromatic rings. The molecule has 7 heteroatoms. The van der Waals surface area contributed by atoms with Gasteiger partial charge in [0.1, 0.15) is 17.4 Å². The zero-order valence-electron chi connectivity index (χ0n) is 18.1. The van der Waals surface area contributed by atoms with Crippen molar-refractivity contribution in [1.29, 1.82) is 0 Å². The van der Waals surface area contributed by atoms with Gasteiger partial charge in [-0.25, -0.2) is 9.97 Å². The lowest BCUT2D eigenvalue weighted by Crippen LogP contribution is -2.30. The molecule has 30 heavy (non-hydrogen) atoms. The summed E-state index contributed by atoms with van der Waals surface area (Å²) < 4.78 is 5.80. The highest BCUT2D eigenvalue weighted by atomic mass is 16.5. The zero-order valence-corrected chi connectivity index (χ0v) is 18.1. The number of likely N-dealkylation sites (tertiary alicyclic amines) is 1. The maximum absolute atomic E-state index is 12.7. The Morgan fingerprint density at radius 2 is 2.10 bits per heavy atom. The van der Waals surface area contributed by atoms with Gasteiger partial charge in [0.05, 0.1) is 18.7 Å². The minimum absolute atomic E-state index is 0.138. The number of nitrogens with one attached hydrogen (secondary N) is 1. The van der Waals surface area contributed by atoms with Crippen molar-refractivity contribution in [3.63, 3.8) is 0 Å². The molecular weight excluding hydrogens is 378 g/mol. The van der Waals surface area contributed by atoms with Crippen LogP contribution < -0.4 is 10.1 Å². The number of hydrogen-bond donors (Lipinski definition) is 1. The van der Waals surface area contributed by atoms with Gasteiger partial charge < -0.3 is 19.9 Å². The summed E-state index contributed by atoms with van der Waals surface area (Å²) in [6.07, 6.45) is 2.24. The lowest BCUT2D eigenvalue weighted by Gasteiger charge is -2.26. The number of hydrogen-bond acceptors (Lipinski definition) is 6. The molecule has 0 saturated carbocycles. The quantitative estimate of drug-likeness (QED) is 0.791. The molecule has 2 aliphatic heterocycles. The van der Waals surface area contributed by atoms with Crippen LogP contribution in [-0.2, 0) is 17.8 Å². The van der Waals surface area contributed by atoms with E-state index >= 15 is 0 Å². The molecule has 1 saturated heterocycles. The summed E-state index contributed by atoms with van der Waals surface area (Å²) >= 11 is 0. The van der Waals surface area contributed by atoms with Gasteiger partial charge in [0.2, 0.25) is 5.91 Å². The number of aromatic nitrogens is 2. The van der Waals surface area contributed by atoms with Crippen LogP contribution in [0.2, 0.25) is 0 Å². The molecule has 2 aliphatic rings. The Morgan fingerprint density at radius 3 is 2.90 bits per heavy atom. The molecule has 3 heterocycles. The van der Waals surface area contributed by atoms with E-state index in [0.717, 1.165) is 61.1 Å². The van der Waals surface area contributed by atoms with Crippen LogP contribution in [0.5, 0.6) is 5.75 Å². The Hall–Kier alpha value is -2.67. The van der Waals surface area contributed by atoms with Gasteiger partial charge >= 0.3 is 0 Å². The first kappa shape index (κ1) is 20.6. The predicted molar refractivity (Wildman–Crippen MR) is 117 cm³/mol. The van der Waals surface area contributed by atoms with Gasteiger partial charge in [0.25, 0.3) is 0 Å². The van der Waals surface area contributed by atoms with Crippen LogP contribution in [-0.4, -0.2) is 66.0 Å². The van der Waals surface area contributed by atoms with Crippen LogP contribution in [0.15, 0.2) is 24.3 Å². The predicted octanol–water partition coefficient (Wildman–Crippen LogP) is 2.60.